The maximum absolute atomic E-state index is 11.7. The summed E-state index contributed by atoms with van der Waals surface area (Å²) in [5.41, 5.74) is 6.04. The number of rotatable bonds is 8. The molecule has 0 heterocycles. The van der Waals surface area contributed by atoms with Crippen molar-refractivity contribution in [1.29, 1.82) is 0 Å². The number of nitrogens with two attached hydrogens (primary N) is 1. The van der Waals surface area contributed by atoms with Gasteiger partial charge in [-0.15, -0.1) is 0 Å². The minimum Gasteiger partial charge on any atom is -0.445 e. The maximum Gasteiger partial charge on any atom is 0.407 e. The summed E-state index contributed by atoms with van der Waals surface area (Å²) in [6.45, 7) is 6.38. The lowest BCUT2D eigenvalue weighted by Crippen LogP contribution is -2.43. The first-order valence-electron chi connectivity index (χ1n) is 8.44. The SMILES string of the molecule is CC(C)(C)OC(=O)N[C@@H](CN)CCCNC(=O)OCc1ccccc1. The van der Waals surface area contributed by atoms with Crippen molar-refractivity contribution in [1.82, 2.24) is 10.6 Å². The van der Waals surface area contributed by atoms with Crippen molar-refractivity contribution in [3.63, 3.8) is 0 Å². The molecule has 1 rings (SSSR count). The number of ether oxygens (including phenoxy) is 2. The second-order valence-corrected chi connectivity index (χ2v) is 6.71. The quantitative estimate of drug-likeness (QED) is 0.625. The van der Waals surface area contributed by atoms with E-state index in [1.165, 1.54) is 0 Å². The molecule has 0 fully saturated rings. The maximum atomic E-state index is 11.7. The highest BCUT2D eigenvalue weighted by atomic mass is 16.6. The zero-order valence-electron chi connectivity index (χ0n) is 15.2. The van der Waals surface area contributed by atoms with Gasteiger partial charge in [-0.2, -0.15) is 0 Å². The smallest absolute Gasteiger partial charge is 0.407 e. The molecule has 1 aromatic rings. The lowest BCUT2D eigenvalue weighted by molar-refractivity contribution is 0.0502. The first-order chi connectivity index (χ1) is 11.8. The Morgan fingerprint density at radius 1 is 1.16 bits per heavy atom. The lowest BCUT2D eigenvalue weighted by atomic mass is 10.1. The summed E-state index contributed by atoms with van der Waals surface area (Å²) in [6.07, 6.45) is 0.346. The first kappa shape index (κ1) is 20.8. The Hall–Kier alpha value is -2.28. The second kappa shape index (κ2) is 10.6. The summed E-state index contributed by atoms with van der Waals surface area (Å²) in [5, 5.41) is 5.41. The third kappa shape index (κ3) is 10.2. The van der Waals surface area contributed by atoms with Gasteiger partial charge in [-0.1, -0.05) is 30.3 Å². The summed E-state index contributed by atoms with van der Waals surface area (Å²) >= 11 is 0. The molecule has 0 aliphatic heterocycles. The molecule has 7 nitrogen and oxygen atoms in total. The monoisotopic (exact) mass is 351 g/mol. The van der Waals surface area contributed by atoms with Crippen molar-refractivity contribution in [2.24, 2.45) is 5.73 Å². The molecule has 1 atom stereocenters. The van der Waals surface area contributed by atoms with Gasteiger partial charge in [0.05, 0.1) is 0 Å². The highest BCUT2D eigenvalue weighted by Gasteiger charge is 2.18. The summed E-state index contributed by atoms with van der Waals surface area (Å²) in [5.74, 6) is 0. The number of nitrogens with one attached hydrogen (secondary N) is 2. The highest BCUT2D eigenvalue weighted by molar-refractivity contribution is 5.68. The molecular weight excluding hydrogens is 322 g/mol. The van der Waals surface area contributed by atoms with Crippen molar-refractivity contribution in [3.8, 4) is 0 Å². The fourth-order valence-electron chi connectivity index (χ4n) is 2.04. The van der Waals surface area contributed by atoms with Crippen molar-refractivity contribution in [2.75, 3.05) is 13.1 Å². The van der Waals surface area contributed by atoms with Crippen LogP contribution >= 0.6 is 0 Å². The number of alkyl carbamates (subject to hydrolysis) is 2. The number of hydrogen-bond donors (Lipinski definition) is 3. The summed E-state index contributed by atoms with van der Waals surface area (Å²) in [7, 11) is 0. The minimum atomic E-state index is -0.548. The fraction of sp³-hybridized carbons (Fsp3) is 0.556. The van der Waals surface area contributed by atoms with Gasteiger partial charge in [-0.3, -0.25) is 0 Å². The third-order valence-corrected chi connectivity index (χ3v) is 3.22. The predicted octanol–water partition coefficient (Wildman–Crippen LogP) is 2.55. The Kier molecular flexibility index (Phi) is 8.77. The van der Waals surface area contributed by atoms with E-state index < -0.39 is 17.8 Å². The van der Waals surface area contributed by atoms with Crippen molar-refractivity contribution >= 4 is 12.2 Å². The van der Waals surface area contributed by atoms with Crippen LogP contribution in [0.5, 0.6) is 0 Å². The van der Waals surface area contributed by atoms with Gasteiger partial charge in [0.2, 0.25) is 0 Å². The Labute approximate surface area is 149 Å². The highest BCUT2D eigenvalue weighted by Crippen LogP contribution is 2.07. The molecule has 25 heavy (non-hydrogen) atoms. The van der Waals surface area contributed by atoms with E-state index in [0.29, 0.717) is 25.9 Å². The van der Waals surface area contributed by atoms with Crippen molar-refractivity contribution < 1.29 is 19.1 Å². The van der Waals surface area contributed by atoms with E-state index in [1.54, 1.807) is 20.8 Å². The Balaban J connectivity index is 2.17. The van der Waals surface area contributed by atoms with Gasteiger partial charge in [0.15, 0.2) is 0 Å². The molecule has 1 aromatic carbocycles. The van der Waals surface area contributed by atoms with Gasteiger partial charge in [0.1, 0.15) is 12.2 Å². The van der Waals surface area contributed by atoms with E-state index in [1.807, 2.05) is 30.3 Å². The Bertz CT molecular complexity index is 529. The molecule has 0 radical (unpaired) electrons. The van der Waals surface area contributed by atoms with E-state index in [2.05, 4.69) is 10.6 Å². The topological polar surface area (TPSA) is 103 Å². The molecule has 0 bridgehead atoms. The van der Waals surface area contributed by atoms with Crippen molar-refractivity contribution in [2.45, 2.75) is 51.9 Å². The van der Waals surface area contributed by atoms with Crippen LogP contribution in [0.2, 0.25) is 0 Å². The van der Waals surface area contributed by atoms with Gasteiger partial charge in [0, 0.05) is 19.1 Å². The molecular formula is C18H29N3O4. The number of carbonyl (C=O) groups excluding carboxylic acids is 2. The first-order valence-corrected chi connectivity index (χ1v) is 8.44. The van der Waals surface area contributed by atoms with Crippen molar-refractivity contribution in [3.05, 3.63) is 35.9 Å². The molecule has 0 saturated carbocycles. The third-order valence-electron chi connectivity index (χ3n) is 3.22. The average Bonchev–Trinajstić information content (AvgIpc) is 2.55. The van der Waals surface area contributed by atoms with Crippen LogP contribution in [0.1, 0.15) is 39.2 Å². The van der Waals surface area contributed by atoms with E-state index in [0.717, 1.165) is 5.56 Å². The zero-order chi connectivity index (χ0) is 18.7. The van der Waals surface area contributed by atoms with E-state index in [4.69, 9.17) is 15.2 Å². The molecule has 4 N–H and O–H groups in total. The van der Waals surface area contributed by atoms with Crippen LogP contribution in [-0.2, 0) is 16.1 Å². The predicted molar refractivity (Wildman–Crippen MR) is 96.1 cm³/mol. The van der Waals surface area contributed by atoms with E-state index in [9.17, 15) is 9.59 Å². The van der Waals surface area contributed by atoms with Crippen LogP contribution in [0.25, 0.3) is 0 Å². The molecule has 0 unspecified atom stereocenters. The molecule has 2 amide bonds. The summed E-state index contributed by atoms with van der Waals surface area (Å²) < 4.78 is 10.3. The average molecular weight is 351 g/mol. The largest absolute Gasteiger partial charge is 0.445 e. The molecule has 0 aromatic heterocycles. The minimum absolute atomic E-state index is 0.197. The molecule has 7 heteroatoms. The molecule has 0 aliphatic carbocycles. The molecule has 0 spiro atoms. The number of benzene rings is 1. The lowest BCUT2D eigenvalue weighted by Gasteiger charge is -2.23. The van der Waals surface area contributed by atoms with Gasteiger partial charge in [-0.05, 0) is 39.2 Å². The molecule has 0 aliphatic rings. The van der Waals surface area contributed by atoms with E-state index >= 15 is 0 Å². The van der Waals surface area contributed by atoms with Gasteiger partial charge < -0.3 is 25.8 Å². The number of carbonyl (C=O) groups is 2. The molecule has 140 valence electrons. The normalized spacial score (nSPS) is 12.2. The van der Waals surface area contributed by atoms with Gasteiger partial charge >= 0.3 is 12.2 Å². The Morgan fingerprint density at radius 3 is 2.44 bits per heavy atom. The fourth-order valence-corrected chi connectivity index (χ4v) is 2.04. The molecule has 0 saturated heterocycles. The van der Waals surface area contributed by atoms with E-state index in [-0.39, 0.29) is 12.6 Å². The van der Waals surface area contributed by atoms with Crippen LogP contribution in [-0.4, -0.2) is 36.9 Å². The van der Waals surface area contributed by atoms with Crippen LogP contribution < -0.4 is 16.4 Å². The van der Waals surface area contributed by atoms with Crippen LogP contribution in [0.15, 0.2) is 30.3 Å². The number of amides is 2. The summed E-state index contributed by atoms with van der Waals surface area (Å²) in [6, 6.07) is 9.27. The van der Waals surface area contributed by atoms with Crippen LogP contribution in [0.4, 0.5) is 9.59 Å². The van der Waals surface area contributed by atoms with Gasteiger partial charge in [-0.25, -0.2) is 9.59 Å². The Morgan fingerprint density at radius 2 is 1.84 bits per heavy atom. The zero-order valence-corrected chi connectivity index (χ0v) is 15.2. The second-order valence-electron chi connectivity index (χ2n) is 6.71. The summed E-state index contributed by atoms with van der Waals surface area (Å²) in [4.78, 5) is 23.3. The van der Waals surface area contributed by atoms with Gasteiger partial charge in [0.25, 0.3) is 0 Å². The standard InChI is InChI=1S/C18H29N3O4/c1-18(2,3)25-17(23)21-15(12-19)10-7-11-20-16(22)24-13-14-8-5-4-6-9-14/h4-6,8-9,15H,7,10-13,19H2,1-3H3,(H,20,22)(H,21,23)/t15-/m1/s1. The van der Waals surface area contributed by atoms with Crippen LogP contribution in [0.3, 0.4) is 0 Å². The number of hydrogen-bond acceptors (Lipinski definition) is 5. The van der Waals surface area contributed by atoms with Crippen LogP contribution in [0, 0.1) is 0 Å².